The molecule has 0 atom stereocenters. The van der Waals surface area contributed by atoms with Gasteiger partial charge >= 0.3 is 12.1 Å². The molecule has 1 saturated heterocycles. The highest BCUT2D eigenvalue weighted by Gasteiger charge is 2.38. The van der Waals surface area contributed by atoms with Gasteiger partial charge in [-0.05, 0) is 54.1 Å². The number of aromatic nitrogens is 2. The molecule has 45 heavy (non-hydrogen) atoms. The predicted octanol–water partition coefficient (Wildman–Crippen LogP) is 4.58. The van der Waals surface area contributed by atoms with Crippen molar-refractivity contribution in [3.05, 3.63) is 106 Å². The summed E-state index contributed by atoms with van der Waals surface area (Å²) in [7, 11) is -3.80. The van der Waals surface area contributed by atoms with Crippen LogP contribution in [0.3, 0.4) is 0 Å². The largest absolute Gasteiger partial charge is 0.490 e. The van der Waals surface area contributed by atoms with Crippen molar-refractivity contribution >= 4 is 39.0 Å². The number of hydrogen-bond donors (Lipinski definition) is 3. The number of aliphatic carboxylic acids is 1. The van der Waals surface area contributed by atoms with Crippen molar-refractivity contribution in [1.82, 2.24) is 15.1 Å². The van der Waals surface area contributed by atoms with Crippen molar-refractivity contribution in [2.24, 2.45) is 0 Å². The Kier molecular flexibility index (Phi) is 10.7. The molecule has 238 valence electrons. The molecule has 11 nitrogen and oxygen atoms in total. The zero-order chi connectivity index (χ0) is 32.6. The number of halogens is 4. The fraction of sp³-hybridized carbons (Fsp3) is 0.207. The molecule has 1 aliphatic heterocycles. The van der Waals surface area contributed by atoms with Crippen molar-refractivity contribution in [2.75, 3.05) is 35.8 Å². The minimum absolute atomic E-state index is 0.108. The maximum absolute atomic E-state index is 12.9. The van der Waals surface area contributed by atoms with E-state index in [0.717, 1.165) is 31.7 Å². The van der Waals surface area contributed by atoms with Crippen molar-refractivity contribution in [1.29, 1.82) is 0 Å². The summed E-state index contributed by atoms with van der Waals surface area (Å²) in [5.74, 6) is -1.56. The van der Waals surface area contributed by atoms with Gasteiger partial charge in [0, 0.05) is 37.9 Å². The minimum atomic E-state index is -5.08. The van der Waals surface area contributed by atoms with E-state index in [-0.39, 0.29) is 22.2 Å². The predicted molar refractivity (Wildman–Crippen MR) is 162 cm³/mol. The van der Waals surface area contributed by atoms with Gasteiger partial charge in [-0.3, -0.25) is 9.52 Å². The van der Waals surface area contributed by atoms with Crippen LogP contribution >= 0.6 is 11.6 Å². The lowest BCUT2D eigenvalue weighted by molar-refractivity contribution is -0.192. The first kappa shape index (κ1) is 33.3. The molecule has 0 spiro atoms. The summed E-state index contributed by atoms with van der Waals surface area (Å²) >= 11 is 6.39. The molecule has 0 radical (unpaired) electrons. The van der Waals surface area contributed by atoms with Crippen LogP contribution in [0, 0.1) is 0 Å². The molecule has 2 heterocycles. The van der Waals surface area contributed by atoms with Crippen molar-refractivity contribution in [3.8, 4) is 11.5 Å². The number of ether oxygens (including phenoxy) is 1. The van der Waals surface area contributed by atoms with Gasteiger partial charge in [-0.1, -0.05) is 41.9 Å². The molecule has 0 bridgehead atoms. The molecule has 1 fully saturated rings. The molecule has 0 saturated carbocycles. The van der Waals surface area contributed by atoms with Gasteiger partial charge in [-0.2, -0.15) is 18.3 Å². The molecular weight excluding hydrogens is 639 g/mol. The smallest absolute Gasteiger partial charge is 0.475 e. The van der Waals surface area contributed by atoms with E-state index in [1.807, 2.05) is 35.2 Å². The molecule has 4 aromatic rings. The summed E-state index contributed by atoms with van der Waals surface area (Å²) in [4.78, 5) is 23.7. The first-order valence-electron chi connectivity index (χ1n) is 13.3. The number of benzene rings is 3. The lowest BCUT2D eigenvalue weighted by Crippen LogP contribution is -2.44. The van der Waals surface area contributed by atoms with Crippen LogP contribution in [0.25, 0.3) is 0 Å². The second kappa shape index (κ2) is 14.5. The highest BCUT2D eigenvalue weighted by molar-refractivity contribution is 7.92. The average Bonchev–Trinajstić information content (AvgIpc) is 3.01. The van der Waals surface area contributed by atoms with Crippen LogP contribution in [-0.4, -0.2) is 61.6 Å². The van der Waals surface area contributed by atoms with E-state index in [9.17, 15) is 26.4 Å². The number of alkyl halides is 3. The number of carbonyl (C=O) groups is 1. The molecule has 16 heteroatoms. The monoisotopic (exact) mass is 665 g/mol. The average molecular weight is 666 g/mol. The normalized spacial score (nSPS) is 13.4. The number of hydrogen-bond acceptors (Lipinski definition) is 8. The zero-order valence-corrected chi connectivity index (χ0v) is 24.9. The third-order valence-electron chi connectivity index (χ3n) is 6.29. The summed E-state index contributed by atoms with van der Waals surface area (Å²) in [6.07, 6.45) is -5.08. The third-order valence-corrected chi connectivity index (χ3v) is 7.95. The number of carboxylic acids is 1. The molecule has 0 unspecified atom stereocenters. The first-order valence-corrected chi connectivity index (χ1v) is 15.2. The van der Waals surface area contributed by atoms with Crippen LogP contribution < -0.4 is 25.2 Å². The van der Waals surface area contributed by atoms with Crippen LogP contribution in [0.4, 0.5) is 24.5 Å². The highest BCUT2D eigenvalue weighted by atomic mass is 35.5. The van der Waals surface area contributed by atoms with Gasteiger partial charge < -0.3 is 20.1 Å². The molecule has 0 aliphatic carbocycles. The number of nitrogens with one attached hydrogen (secondary N) is 2. The van der Waals surface area contributed by atoms with Crippen LogP contribution in [-0.2, 0) is 21.4 Å². The summed E-state index contributed by atoms with van der Waals surface area (Å²) in [6.45, 7) is 3.37. The maximum Gasteiger partial charge on any atom is 0.490 e. The van der Waals surface area contributed by atoms with E-state index in [0.29, 0.717) is 22.9 Å². The number of nitrogens with zero attached hydrogens (tertiary/aromatic N) is 3. The van der Waals surface area contributed by atoms with Gasteiger partial charge in [0.15, 0.2) is 5.15 Å². The molecular formula is C29H27ClF3N5O6S. The molecule has 5 rings (SSSR count). The number of piperazine rings is 1. The molecule has 1 aliphatic rings. The Hall–Kier alpha value is -4.60. The number of anilines is 2. The van der Waals surface area contributed by atoms with Crippen LogP contribution in [0.1, 0.15) is 5.56 Å². The Balaban J connectivity index is 0.000000591. The van der Waals surface area contributed by atoms with E-state index in [1.54, 1.807) is 36.4 Å². The van der Waals surface area contributed by atoms with E-state index in [2.05, 4.69) is 15.1 Å². The number of para-hydroxylation sites is 1. The molecule has 1 aromatic heterocycles. The second-order valence-electron chi connectivity index (χ2n) is 9.55. The summed E-state index contributed by atoms with van der Waals surface area (Å²) in [5, 5.41) is 14.9. The quantitative estimate of drug-likeness (QED) is 0.246. The van der Waals surface area contributed by atoms with Gasteiger partial charge in [-0.15, -0.1) is 0 Å². The van der Waals surface area contributed by atoms with Crippen molar-refractivity contribution < 1.29 is 36.2 Å². The second-order valence-corrected chi connectivity index (χ2v) is 11.6. The molecule has 3 N–H and O–H groups in total. The number of rotatable bonds is 8. The van der Waals surface area contributed by atoms with Gasteiger partial charge in [-0.25, -0.2) is 17.9 Å². The first-order chi connectivity index (χ1) is 21.3. The fourth-order valence-electron chi connectivity index (χ4n) is 4.07. The zero-order valence-electron chi connectivity index (χ0n) is 23.4. The van der Waals surface area contributed by atoms with E-state index in [4.69, 9.17) is 26.2 Å². The Labute approximate surface area is 260 Å². The lowest BCUT2D eigenvalue weighted by atomic mass is 10.2. The SMILES string of the molecule is O=C(O)C(F)(F)F.O=c1cc(N2CCNCC2)c(Cl)nn1Cc1ccc(NS(=O)(=O)c2ccc(Oc3ccccc3)cc2)cc1. The van der Waals surface area contributed by atoms with E-state index in [1.165, 1.54) is 22.9 Å². The topological polar surface area (TPSA) is 143 Å². The summed E-state index contributed by atoms with van der Waals surface area (Å²) < 4.78 is 67.1. The number of sulfonamides is 1. The number of carboxylic acid groups (broad SMARTS) is 1. The molecule has 3 aromatic carbocycles. The minimum Gasteiger partial charge on any atom is -0.475 e. The fourth-order valence-corrected chi connectivity index (χ4v) is 5.40. The van der Waals surface area contributed by atoms with Crippen molar-refractivity contribution in [2.45, 2.75) is 17.6 Å². The summed E-state index contributed by atoms with van der Waals surface area (Å²) in [5.41, 5.74) is 1.55. The van der Waals surface area contributed by atoms with Gasteiger partial charge in [0.25, 0.3) is 15.6 Å². The van der Waals surface area contributed by atoms with Gasteiger partial charge in [0.2, 0.25) is 0 Å². The standard InChI is InChI=1S/C27H26ClN5O4S.C2HF3O2/c28-27-25(32-16-14-29-15-17-32)18-26(34)33(30-27)19-20-6-8-21(9-7-20)31-38(35,36)24-12-10-23(11-13-24)37-22-4-2-1-3-5-22;3-2(4,5)1(6)7/h1-13,18,29,31H,14-17,19H2;(H,6,7). The lowest BCUT2D eigenvalue weighted by Gasteiger charge is -2.29. The van der Waals surface area contributed by atoms with Crippen LogP contribution in [0.5, 0.6) is 11.5 Å². The summed E-state index contributed by atoms with van der Waals surface area (Å²) in [6, 6.07) is 23.7. The Morgan fingerprint density at radius 1 is 0.978 bits per heavy atom. The van der Waals surface area contributed by atoms with Crippen LogP contribution in [0.15, 0.2) is 94.6 Å². The van der Waals surface area contributed by atoms with Gasteiger partial charge in [0.05, 0.1) is 17.1 Å². The van der Waals surface area contributed by atoms with Crippen molar-refractivity contribution in [3.63, 3.8) is 0 Å². The third kappa shape index (κ3) is 9.44. The van der Waals surface area contributed by atoms with E-state index < -0.39 is 22.2 Å². The van der Waals surface area contributed by atoms with Gasteiger partial charge in [0.1, 0.15) is 11.5 Å². The van der Waals surface area contributed by atoms with Crippen LogP contribution in [0.2, 0.25) is 5.15 Å². The van der Waals surface area contributed by atoms with E-state index >= 15 is 0 Å². The molecule has 0 amide bonds. The highest BCUT2D eigenvalue weighted by Crippen LogP contribution is 2.25. The Morgan fingerprint density at radius 2 is 1.56 bits per heavy atom. The maximum atomic E-state index is 12.9. The Morgan fingerprint density at radius 3 is 2.13 bits per heavy atom. The Bertz CT molecular complexity index is 1770.